The SMILES string of the molecule is [C-]#[N+]c1cnc([C@@H](C)N2CC3(CC3)c3c(CN(C)C)cc(Cn4ccnc4NC)cc3C2=O)cc1OC. The van der Waals surface area contributed by atoms with Crippen molar-refractivity contribution in [1.82, 2.24) is 24.3 Å². The number of imidazole rings is 1. The van der Waals surface area contributed by atoms with Gasteiger partial charge in [-0.3, -0.25) is 9.78 Å². The van der Waals surface area contributed by atoms with Gasteiger partial charge in [-0.2, -0.15) is 0 Å². The molecule has 192 valence electrons. The first kappa shape index (κ1) is 24.8. The van der Waals surface area contributed by atoms with Crippen LogP contribution in [0, 0.1) is 6.57 Å². The zero-order valence-corrected chi connectivity index (χ0v) is 22.1. The fraction of sp³-hybridized carbons (Fsp3) is 0.429. The molecule has 1 saturated carbocycles. The third-order valence-electron chi connectivity index (χ3n) is 7.51. The molecule has 37 heavy (non-hydrogen) atoms. The first-order valence-corrected chi connectivity index (χ1v) is 12.5. The van der Waals surface area contributed by atoms with E-state index in [0.717, 1.165) is 42.2 Å². The molecule has 1 aliphatic heterocycles. The lowest BCUT2D eigenvalue weighted by atomic mass is 9.81. The summed E-state index contributed by atoms with van der Waals surface area (Å²) in [4.78, 5) is 30.6. The monoisotopic (exact) mass is 499 g/mol. The number of aromatic nitrogens is 3. The summed E-state index contributed by atoms with van der Waals surface area (Å²) in [5.74, 6) is 1.29. The number of methoxy groups -OCH3 is 1. The molecule has 1 fully saturated rings. The molecule has 1 spiro atoms. The smallest absolute Gasteiger partial charge is 0.254 e. The van der Waals surface area contributed by atoms with E-state index in [2.05, 4.69) is 55.8 Å². The predicted octanol–water partition coefficient (Wildman–Crippen LogP) is 4.24. The number of carbonyl (C=O) groups excluding carboxylic acids is 1. The number of rotatable bonds is 8. The summed E-state index contributed by atoms with van der Waals surface area (Å²) in [6, 6.07) is 5.87. The number of amides is 1. The largest absolute Gasteiger partial charge is 0.508 e. The van der Waals surface area contributed by atoms with Crippen molar-refractivity contribution in [1.29, 1.82) is 0 Å². The van der Waals surface area contributed by atoms with Gasteiger partial charge in [0, 0.05) is 49.7 Å². The van der Waals surface area contributed by atoms with Gasteiger partial charge in [-0.15, -0.1) is 0 Å². The fourth-order valence-corrected chi connectivity index (χ4v) is 5.57. The highest BCUT2D eigenvalue weighted by molar-refractivity contribution is 5.99. The van der Waals surface area contributed by atoms with Crippen molar-refractivity contribution in [3.05, 3.63) is 76.2 Å². The highest BCUT2D eigenvalue weighted by atomic mass is 16.5. The molecule has 9 heteroatoms. The van der Waals surface area contributed by atoms with Gasteiger partial charge in [-0.05, 0) is 62.7 Å². The van der Waals surface area contributed by atoms with Crippen LogP contribution in [0.25, 0.3) is 4.85 Å². The predicted molar refractivity (Wildman–Crippen MR) is 142 cm³/mol. The Hall–Kier alpha value is -3.90. The molecule has 2 aliphatic rings. The summed E-state index contributed by atoms with van der Waals surface area (Å²) in [5, 5.41) is 3.13. The van der Waals surface area contributed by atoms with E-state index in [1.165, 1.54) is 17.3 Å². The summed E-state index contributed by atoms with van der Waals surface area (Å²) in [6.45, 7) is 11.4. The van der Waals surface area contributed by atoms with Crippen molar-refractivity contribution in [3.63, 3.8) is 0 Å². The minimum atomic E-state index is -0.252. The van der Waals surface area contributed by atoms with E-state index >= 15 is 0 Å². The number of fused-ring (bicyclic) bond motifs is 2. The molecule has 1 aromatic carbocycles. The number of carbonyl (C=O) groups is 1. The molecular formula is C28H33N7O2. The number of pyridine rings is 1. The van der Waals surface area contributed by atoms with E-state index in [9.17, 15) is 4.79 Å². The fourth-order valence-electron chi connectivity index (χ4n) is 5.57. The van der Waals surface area contributed by atoms with E-state index in [1.54, 1.807) is 19.4 Å². The Balaban J connectivity index is 1.57. The van der Waals surface area contributed by atoms with Crippen LogP contribution in [0.5, 0.6) is 5.75 Å². The summed E-state index contributed by atoms with van der Waals surface area (Å²) < 4.78 is 7.47. The van der Waals surface area contributed by atoms with E-state index in [1.807, 2.05) is 25.1 Å². The van der Waals surface area contributed by atoms with Gasteiger partial charge in [0.2, 0.25) is 11.6 Å². The molecule has 0 unspecified atom stereocenters. The average molecular weight is 500 g/mol. The molecular weight excluding hydrogens is 466 g/mol. The average Bonchev–Trinajstić information content (AvgIpc) is 3.51. The van der Waals surface area contributed by atoms with E-state index < -0.39 is 0 Å². The van der Waals surface area contributed by atoms with Crippen LogP contribution < -0.4 is 10.1 Å². The Kier molecular flexibility index (Phi) is 6.38. The van der Waals surface area contributed by atoms with Crippen LogP contribution in [0.15, 0.2) is 36.8 Å². The summed E-state index contributed by atoms with van der Waals surface area (Å²) in [7, 11) is 7.54. The number of hydrogen-bond donors (Lipinski definition) is 1. The highest BCUT2D eigenvalue weighted by Gasteiger charge is 2.53. The topological polar surface area (TPSA) is 79.9 Å². The van der Waals surface area contributed by atoms with Gasteiger partial charge in [-0.25, -0.2) is 9.83 Å². The first-order valence-electron chi connectivity index (χ1n) is 12.5. The molecule has 1 atom stereocenters. The van der Waals surface area contributed by atoms with Crippen molar-refractivity contribution >= 4 is 17.5 Å². The molecule has 3 heterocycles. The molecule has 3 aromatic rings. The van der Waals surface area contributed by atoms with Crippen LogP contribution in [0.2, 0.25) is 0 Å². The summed E-state index contributed by atoms with van der Waals surface area (Å²) >= 11 is 0. The van der Waals surface area contributed by atoms with Crippen molar-refractivity contribution in [2.75, 3.05) is 40.1 Å². The minimum absolute atomic E-state index is 0.0208. The van der Waals surface area contributed by atoms with Gasteiger partial charge < -0.3 is 24.4 Å². The summed E-state index contributed by atoms with van der Waals surface area (Å²) in [5.41, 5.74) is 5.37. The van der Waals surface area contributed by atoms with Crippen LogP contribution in [-0.2, 0) is 18.5 Å². The number of nitrogens with one attached hydrogen (secondary N) is 1. The maximum Gasteiger partial charge on any atom is 0.254 e. The third-order valence-corrected chi connectivity index (χ3v) is 7.51. The lowest BCUT2D eigenvalue weighted by molar-refractivity contribution is 0.0633. The van der Waals surface area contributed by atoms with Gasteiger partial charge in [0.25, 0.3) is 5.91 Å². The molecule has 1 aliphatic carbocycles. The molecule has 1 N–H and O–H groups in total. The minimum Gasteiger partial charge on any atom is -0.508 e. The molecule has 5 rings (SSSR count). The van der Waals surface area contributed by atoms with E-state index in [0.29, 0.717) is 24.5 Å². The molecule has 9 nitrogen and oxygen atoms in total. The van der Waals surface area contributed by atoms with E-state index in [4.69, 9.17) is 11.3 Å². The van der Waals surface area contributed by atoms with Gasteiger partial charge in [0.15, 0.2) is 0 Å². The van der Waals surface area contributed by atoms with Crippen molar-refractivity contribution in [2.24, 2.45) is 0 Å². The van der Waals surface area contributed by atoms with Crippen molar-refractivity contribution < 1.29 is 9.53 Å². The quantitative estimate of drug-likeness (QED) is 0.467. The Morgan fingerprint density at radius 3 is 2.70 bits per heavy atom. The zero-order valence-electron chi connectivity index (χ0n) is 22.1. The van der Waals surface area contributed by atoms with Gasteiger partial charge in [0.1, 0.15) is 5.75 Å². The molecule has 0 saturated heterocycles. The molecule has 1 amide bonds. The molecule has 0 bridgehead atoms. The van der Waals surface area contributed by atoms with Crippen LogP contribution in [-0.4, -0.2) is 65.0 Å². The second-order valence-electron chi connectivity index (χ2n) is 10.3. The van der Waals surface area contributed by atoms with Crippen molar-refractivity contribution in [2.45, 2.75) is 44.3 Å². The Labute approximate surface area is 217 Å². The Bertz CT molecular complexity index is 1380. The van der Waals surface area contributed by atoms with Crippen LogP contribution >= 0.6 is 0 Å². The first-order chi connectivity index (χ1) is 17.8. The maximum atomic E-state index is 14.1. The van der Waals surface area contributed by atoms with E-state index in [-0.39, 0.29) is 17.4 Å². The Morgan fingerprint density at radius 1 is 1.27 bits per heavy atom. The number of anilines is 1. The number of benzene rings is 1. The highest BCUT2D eigenvalue weighted by Crippen LogP contribution is 2.55. The number of ether oxygens (including phenoxy) is 1. The second-order valence-corrected chi connectivity index (χ2v) is 10.3. The normalized spacial score (nSPS) is 16.5. The van der Waals surface area contributed by atoms with Crippen LogP contribution in [0.4, 0.5) is 11.6 Å². The zero-order chi connectivity index (χ0) is 26.3. The number of hydrogen-bond acceptors (Lipinski definition) is 6. The molecule has 0 radical (unpaired) electrons. The van der Waals surface area contributed by atoms with Gasteiger partial charge in [-0.1, -0.05) is 6.07 Å². The standard InChI is InChI=1S/C28H33N7O2/c1-18(22-13-24(37-6)23(29-2)14-32-22)35-17-28(7-8-28)25-20(16-33(4)5)11-19(12-21(25)26(35)36)15-34-10-9-31-27(34)30-3/h9-14,18H,7-8,15-17H2,1,3-6H3,(H,30,31)/t18-/m1/s1. The van der Waals surface area contributed by atoms with Gasteiger partial charge in [0.05, 0.1) is 32.0 Å². The maximum absolute atomic E-state index is 14.1. The van der Waals surface area contributed by atoms with Crippen LogP contribution in [0.3, 0.4) is 0 Å². The van der Waals surface area contributed by atoms with Crippen LogP contribution in [0.1, 0.15) is 58.5 Å². The second kappa shape index (κ2) is 9.52. The third kappa shape index (κ3) is 4.42. The Morgan fingerprint density at radius 2 is 2.05 bits per heavy atom. The van der Waals surface area contributed by atoms with Crippen molar-refractivity contribution in [3.8, 4) is 5.75 Å². The van der Waals surface area contributed by atoms with Gasteiger partial charge >= 0.3 is 0 Å². The lowest BCUT2D eigenvalue weighted by Gasteiger charge is -2.40. The number of nitrogens with zero attached hydrogens (tertiary/aromatic N) is 6. The lowest BCUT2D eigenvalue weighted by Crippen LogP contribution is -2.45. The molecule has 2 aromatic heterocycles. The summed E-state index contributed by atoms with van der Waals surface area (Å²) in [6.07, 6.45) is 7.38.